The minimum atomic E-state index is -0.313. The first-order valence-electron chi connectivity index (χ1n) is 9.21. The van der Waals surface area contributed by atoms with Gasteiger partial charge in [-0.3, -0.25) is 4.79 Å². The molecule has 0 atom stereocenters. The van der Waals surface area contributed by atoms with Crippen LogP contribution in [0.1, 0.15) is 32.1 Å². The predicted molar refractivity (Wildman–Crippen MR) is 104 cm³/mol. The van der Waals surface area contributed by atoms with Crippen molar-refractivity contribution >= 4 is 39.7 Å². The Morgan fingerprint density at radius 3 is 2.85 bits per heavy atom. The number of nitrogens with zero attached hydrogens (tertiary/aromatic N) is 5. The molecule has 1 fully saturated rings. The van der Waals surface area contributed by atoms with Crippen LogP contribution in [0, 0.1) is 5.82 Å². The van der Waals surface area contributed by atoms with E-state index in [1.165, 1.54) is 43.2 Å². The van der Waals surface area contributed by atoms with E-state index in [9.17, 15) is 9.18 Å². The van der Waals surface area contributed by atoms with Crippen LogP contribution in [0.2, 0.25) is 0 Å². The van der Waals surface area contributed by atoms with Gasteiger partial charge in [0.1, 0.15) is 11.3 Å². The molecule has 4 rings (SSSR count). The van der Waals surface area contributed by atoms with Crippen LogP contribution in [0.3, 0.4) is 0 Å². The molecule has 2 aromatic heterocycles. The van der Waals surface area contributed by atoms with Crippen molar-refractivity contribution in [3.63, 3.8) is 0 Å². The van der Waals surface area contributed by atoms with E-state index >= 15 is 0 Å². The number of rotatable bonds is 4. The number of aryl methyl sites for hydroxylation is 1. The van der Waals surface area contributed by atoms with E-state index in [1.54, 1.807) is 6.07 Å². The predicted octanol–water partition coefficient (Wildman–Crippen LogP) is 3.54. The van der Waals surface area contributed by atoms with Gasteiger partial charge in [0.2, 0.25) is 11.1 Å². The molecule has 1 amide bonds. The zero-order valence-electron chi connectivity index (χ0n) is 15.5. The van der Waals surface area contributed by atoms with E-state index < -0.39 is 0 Å². The number of carbonyl (C=O) groups is 1. The van der Waals surface area contributed by atoms with Crippen LogP contribution in [0.4, 0.5) is 4.39 Å². The van der Waals surface area contributed by atoms with Crippen molar-refractivity contribution in [2.75, 3.05) is 12.8 Å². The molecule has 0 N–H and O–H groups in total. The third-order valence-electron chi connectivity index (χ3n) is 5.38. The third-order valence-corrected chi connectivity index (χ3v) is 6.20. The molecule has 0 unspecified atom stereocenters. The van der Waals surface area contributed by atoms with Crippen molar-refractivity contribution in [2.24, 2.45) is 7.05 Å². The fourth-order valence-corrected chi connectivity index (χ4v) is 4.48. The summed E-state index contributed by atoms with van der Waals surface area (Å²) in [5, 5.41) is 9.53. The van der Waals surface area contributed by atoms with Crippen molar-refractivity contribution in [1.82, 2.24) is 24.6 Å². The fourth-order valence-electron chi connectivity index (χ4n) is 3.78. The Balaban J connectivity index is 1.51. The summed E-state index contributed by atoms with van der Waals surface area (Å²) < 4.78 is 15.4. The number of amides is 1. The molecule has 0 saturated heterocycles. The van der Waals surface area contributed by atoms with Gasteiger partial charge in [-0.15, -0.1) is 10.2 Å². The van der Waals surface area contributed by atoms with Crippen LogP contribution in [0.5, 0.6) is 0 Å². The number of halogens is 1. The van der Waals surface area contributed by atoms with Crippen molar-refractivity contribution in [3.8, 4) is 0 Å². The number of thioether (sulfide) groups is 1. The second-order valence-electron chi connectivity index (χ2n) is 7.07. The van der Waals surface area contributed by atoms with Crippen LogP contribution in [-0.4, -0.2) is 49.4 Å². The summed E-state index contributed by atoms with van der Waals surface area (Å²) in [7, 11) is 3.76. The van der Waals surface area contributed by atoms with Gasteiger partial charge < -0.3 is 9.47 Å². The van der Waals surface area contributed by atoms with Crippen LogP contribution < -0.4 is 0 Å². The van der Waals surface area contributed by atoms with Crippen molar-refractivity contribution < 1.29 is 9.18 Å². The Bertz CT molecular complexity index is 999. The zero-order valence-corrected chi connectivity index (χ0v) is 16.3. The first-order valence-corrected chi connectivity index (χ1v) is 10.2. The van der Waals surface area contributed by atoms with Gasteiger partial charge in [0, 0.05) is 25.5 Å². The molecule has 0 aliphatic heterocycles. The zero-order chi connectivity index (χ0) is 19.0. The van der Waals surface area contributed by atoms with Crippen LogP contribution in [0.15, 0.2) is 23.4 Å². The van der Waals surface area contributed by atoms with Crippen molar-refractivity contribution in [1.29, 1.82) is 0 Å². The summed E-state index contributed by atoms with van der Waals surface area (Å²) in [4.78, 5) is 18.9. The number of hydrogen-bond donors (Lipinski definition) is 0. The van der Waals surface area contributed by atoms with E-state index in [4.69, 9.17) is 0 Å². The number of fused-ring (bicyclic) bond motifs is 3. The molecule has 6 nitrogen and oxygen atoms in total. The van der Waals surface area contributed by atoms with Gasteiger partial charge in [-0.25, -0.2) is 9.37 Å². The molecule has 3 aromatic rings. The molecule has 1 saturated carbocycles. The summed E-state index contributed by atoms with van der Waals surface area (Å²) >= 11 is 1.29. The lowest BCUT2D eigenvalue weighted by atomic mass is 9.94. The monoisotopic (exact) mass is 387 g/mol. The van der Waals surface area contributed by atoms with E-state index in [-0.39, 0.29) is 11.7 Å². The highest BCUT2D eigenvalue weighted by atomic mass is 32.2. The van der Waals surface area contributed by atoms with Crippen molar-refractivity contribution in [3.05, 3.63) is 24.0 Å². The lowest BCUT2D eigenvalue weighted by Gasteiger charge is -2.31. The average molecular weight is 387 g/mol. The van der Waals surface area contributed by atoms with Crippen molar-refractivity contribution in [2.45, 2.75) is 43.3 Å². The molecular weight excluding hydrogens is 365 g/mol. The normalized spacial score (nSPS) is 15.5. The minimum absolute atomic E-state index is 0.0923. The molecule has 142 valence electrons. The van der Waals surface area contributed by atoms with Crippen LogP contribution >= 0.6 is 11.8 Å². The Morgan fingerprint density at radius 1 is 1.30 bits per heavy atom. The highest BCUT2D eigenvalue weighted by Crippen LogP contribution is 2.27. The van der Waals surface area contributed by atoms with E-state index in [0.29, 0.717) is 33.5 Å². The topological polar surface area (TPSA) is 63.9 Å². The maximum atomic E-state index is 13.6. The molecule has 1 aliphatic carbocycles. The fraction of sp³-hybridized carbons (Fsp3) is 0.474. The minimum Gasteiger partial charge on any atom is -0.342 e. The molecular formula is C19H22FN5OS. The lowest BCUT2D eigenvalue weighted by Crippen LogP contribution is -2.39. The summed E-state index contributed by atoms with van der Waals surface area (Å²) in [5.41, 5.74) is 2.06. The molecule has 0 radical (unpaired) electrons. The first-order chi connectivity index (χ1) is 13.0. The standard InChI is InChI=1S/C19H22FN5OS/c1-24(13-6-4-3-5-7-13)16(26)11-27-19-21-18-17(22-23-19)14-10-12(20)8-9-15(14)25(18)2/h8-10,13H,3-7,11H2,1-2H3. The molecule has 27 heavy (non-hydrogen) atoms. The van der Waals surface area contributed by atoms with Gasteiger partial charge in [0.15, 0.2) is 5.65 Å². The van der Waals surface area contributed by atoms with Crippen LogP contribution in [-0.2, 0) is 11.8 Å². The van der Waals surface area contributed by atoms with Gasteiger partial charge >= 0.3 is 0 Å². The molecule has 1 aromatic carbocycles. The Hall–Kier alpha value is -2.22. The average Bonchev–Trinajstić information content (AvgIpc) is 2.97. The highest BCUT2D eigenvalue weighted by molar-refractivity contribution is 7.99. The van der Waals surface area contributed by atoms with Gasteiger partial charge in [0.25, 0.3) is 0 Å². The van der Waals surface area contributed by atoms with E-state index in [1.807, 2.05) is 23.6 Å². The molecule has 2 heterocycles. The molecule has 0 spiro atoms. The maximum absolute atomic E-state index is 13.6. The lowest BCUT2D eigenvalue weighted by molar-refractivity contribution is -0.129. The SMILES string of the molecule is CN(C(=O)CSc1nnc2c3cc(F)ccc3n(C)c2n1)C1CCCCC1. The smallest absolute Gasteiger partial charge is 0.233 e. The number of benzene rings is 1. The second kappa shape index (κ2) is 7.42. The molecule has 8 heteroatoms. The van der Waals surface area contributed by atoms with E-state index in [0.717, 1.165) is 18.4 Å². The molecule has 1 aliphatic rings. The largest absolute Gasteiger partial charge is 0.342 e. The van der Waals surface area contributed by atoms with Gasteiger partial charge in [-0.05, 0) is 31.0 Å². The summed E-state index contributed by atoms with van der Waals surface area (Å²) in [6.45, 7) is 0. The second-order valence-corrected chi connectivity index (χ2v) is 8.01. The van der Waals surface area contributed by atoms with Gasteiger partial charge in [-0.1, -0.05) is 31.0 Å². The summed E-state index contributed by atoms with van der Waals surface area (Å²) in [6.07, 6.45) is 5.83. The number of hydrogen-bond acceptors (Lipinski definition) is 5. The van der Waals surface area contributed by atoms with Gasteiger partial charge in [-0.2, -0.15) is 0 Å². The Morgan fingerprint density at radius 2 is 2.07 bits per heavy atom. The maximum Gasteiger partial charge on any atom is 0.233 e. The highest BCUT2D eigenvalue weighted by Gasteiger charge is 2.22. The Kier molecular flexibility index (Phi) is 4.99. The quantitative estimate of drug-likeness (QED) is 0.641. The number of carbonyl (C=O) groups excluding carboxylic acids is 1. The van der Waals surface area contributed by atoms with Gasteiger partial charge in [0.05, 0.1) is 11.3 Å². The summed E-state index contributed by atoms with van der Waals surface area (Å²) in [6, 6.07) is 4.93. The molecule has 0 bridgehead atoms. The van der Waals surface area contributed by atoms with E-state index in [2.05, 4.69) is 15.2 Å². The first kappa shape index (κ1) is 18.2. The number of aromatic nitrogens is 4. The Labute approximate surface area is 161 Å². The summed E-state index contributed by atoms with van der Waals surface area (Å²) in [5.74, 6) is 0.0694. The van der Waals surface area contributed by atoms with Crippen LogP contribution in [0.25, 0.3) is 22.1 Å². The third kappa shape index (κ3) is 3.50.